The van der Waals surface area contributed by atoms with Gasteiger partial charge in [0.15, 0.2) is 6.29 Å². The van der Waals surface area contributed by atoms with Crippen LogP contribution in [0.15, 0.2) is 42.7 Å². The maximum absolute atomic E-state index is 13.3. The van der Waals surface area contributed by atoms with Gasteiger partial charge in [-0.2, -0.15) is 0 Å². The van der Waals surface area contributed by atoms with E-state index in [2.05, 4.69) is 20.3 Å². The van der Waals surface area contributed by atoms with E-state index in [9.17, 15) is 14.0 Å². The Labute approximate surface area is 222 Å². The Bertz CT molecular complexity index is 1110. The Balaban J connectivity index is 1.36. The van der Waals surface area contributed by atoms with Gasteiger partial charge in [0, 0.05) is 65.7 Å². The minimum atomic E-state index is -0.880. The van der Waals surface area contributed by atoms with Gasteiger partial charge in [-0.25, -0.2) is 24.7 Å². The molecule has 4 rings (SSSR count). The first-order valence-electron chi connectivity index (χ1n) is 12.8. The number of hydroxylamine groups is 1. The van der Waals surface area contributed by atoms with E-state index in [1.165, 1.54) is 24.5 Å². The summed E-state index contributed by atoms with van der Waals surface area (Å²) in [6, 6.07) is 6.16. The van der Waals surface area contributed by atoms with E-state index in [0.29, 0.717) is 44.3 Å². The second kappa shape index (κ2) is 12.4. The molecular formula is C27H35FN6O4. The van der Waals surface area contributed by atoms with Crippen LogP contribution in [0.4, 0.5) is 10.3 Å². The fourth-order valence-corrected chi connectivity index (χ4v) is 4.55. The number of piperazine rings is 1. The Morgan fingerprint density at radius 2 is 1.82 bits per heavy atom. The average molecular weight is 527 g/mol. The van der Waals surface area contributed by atoms with Gasteiger partial charge in [0.2, 0.25) is 11.9 Å². The van der Waals surface area contributed by atoms with Gasteiger partial charge >= 0.3 is 0 Å². The van der Waals surface area contributed by atoms with Crippen LogP contribution in [-0.4, -0.2) is 90.3 Å². The smallest absolute Gasteiger partial charge is 0.278 e. The highest BCUT2D eigenvalue weighted by Crippen LogP contribution is 2.24. The first-order valence-corrected chi connectivity index (χ1v) is 12.8. The third-order valence-electron chi connectivity index (χ3n) is 6.85. The average Bonchev–Trinajstić information content (AvgIpc) is 2.95. The summed E-state index contributed by atoms with van der Waals surface area (Å²) in [5, 5.41) is 0. The monoisotopic (exact) mass is 526 g/mol. The first-order chi connectivity index (χ1) is 18.3. The quantitative estimate of drug-likeness (QED) is 0.524. The number of halogens is 1. The van der Waals surface area contributed by atoms with Crippen molar-refractivity contribution in [2.75, 3.05) is 51.8 Å². The van der Waals surface area contributed by atoms with Crippen molar-refractivity contribution in [2.45, 2.75) is 38.0 Å². The van der Waals surface area contributed by atoms with E-state index in [1.54, 1.807) is 31.1 Å². The predicted octanol–water partition coefficient (Wildman–Crippen LogP) is 2.49. The Kier molecular flexibility index (Phi) is 9.03. The molecule has 0 radical (unpaired) electrons. The molecule has 3 heterocycles. The van der Waals surface area contributed by atoms with Crippen molar-refractivity contribution in [3.05, 3.63) is 59.7 Å². The largest absolute Gasteiger partial charge is 0.350 e. The number of aromatic nitrogens is 2. The molecule has 2 unspecified atom stereocenters. The lowest BCUT2D eigenvalue weighted by Crippen LogP contribution is -2.61. The lowest BCUT2D eigenvalue weighted by Gasteiger charge is -2.44. The van der Waals surface area contributed by atoms with Gasteiger partial charge in [0.25, 0.3) is 5.91 Å². The Hall–Kier alpha value is -3.41. The van der Waals surface area contributed by atoms with Crippen molar-refractivity contribution < 1.29 is 23.6 Å². The number of rotatable bonds is 8. The van der Waals surface area contributed by atoms with Crippen LogP contribution in [0.2, 0.25) is 0 Å². The molecule has 2 fully saturated rings. The summed E-state index contributed by atoms with van der Waals surface area (Å²) in [4.78, 5) is 45.4. The highest BCUT2D eigenvalue weighted by atomic mass is 19.1. The molecule has 38 heavy (non-hydrogen) atoms. The molecule has 1 aromatic heterocycles. The molecule has 2 saturated heterocycles. The van der Waals surface area contributed by atoms with Crippen molar-refractivity contribution in [3.63, 3.8) is 0 Å². The van der Waals surface area contributed by atoms with Gasteiger partial charge in [-0.05, 0) is 37.5 Å². The summed E-state index contributed by atoms with van der Waals surface area (Å²) in [6.07, 6.45) is 8.98. The standard InChI is InChI=1S/C27H35FN6O4/c1-27(25(36)32(2)3,12-11-20-7-9-22(28)10-8-20)34-15-13-33(14-16-34)26-29-18-21(19-30-26)24(35)31-38-23-6-4-5-17-37-23/h7-12,18-19,23H,4-6,13-17H2,1-3H3,(H,31,35). The zero-order valence-electron chi connectivity index (χ0n) is 22.1. The Morgan fingerprint density at radius 3 is 2.42 bits per heavy atom. The summed E-state index contributed by atoms with van der Waals surface area (Å²) < 4.78 is 18.7. The summed E-state index contributed by atoms with van der Waals surface area (Å²) in [6.45, 7) is 4.94. The number of hydrogen-bond donors (Lipinski definition) is 1. The molecule has 2 aliphatic heterocycles. The SMILES string of the molecule is CN(C)C(=O)C(C)(C=Cc1ccc(F)cc1)N1CCN(c2ncc(C(=O)NOC3CCCCO3)cn2)CC1. The molecule has 0 saturated carbocycles. The number of nitrogens with zero attached hydrogens (tertiary/aromatic N) is 5. The highest BCUT2D eigenvalue weighted by Gasteiger charge is 2.40. The topological polar surface area (TPSA) is 100 Å². The molecule has 2 amide bonds. The second-order valence-corrected chi connectivity index (χ2v) is 9.82. The summed E-state index contributed by atoms with van der Waals surface area (Å²) in [7, 11) is 3.47. The zero-order valence-corrected chi connectivity index (χ0v) is 22.1. The minimum Gasteiger partial charge on any atom is -0.350 e. The number of hydrogen-bond acceptors (Lipinski definition) is 8. The van der Waals surface area contributed by atoms with Gasteiger partial charge in [0.05, 0.1) is 5.56 Å². The van der Waals surface area contributed by atoms with Gasteiger partial charge in [-0.3, -0.25) is 14.5 Å². The lowest BCUT2D eigenvalue weighted by molar-refractivity contribution is -0.186. The number of amides is 2. The van der Waals surface area contributed by atoms with Crippen molar-refractivity contribution in [1.82, 2.24) is 25.2 Å². The zero-order chi connectivity index (χ0) is 27.1. The molecule has 204 valence electrons. The van der Waals surface area contributed by atoms with E-state index in [1.807, 2.05) is 24.0 Å². The van der Waals surface area contributed by atoms with Crippen LogP contribution in [0.25, 0.3) is 6.08 Å². The fourth-order valence-electron chi connectivity index (χ4n) is 4.55. The van der Waals surface area contributed by atoms with Crippen molar-refractivity contribution in [2.24, 2.45) is 0 Å². The van der Waals surface area contributed by atoms with Crippen LogP contribution in [-0.2, 0) is 14.4 Å². The Morgan fingerprint density at radius 1 is 1.13 bits per heavy atom. The number of carbonyl (C=O) groups excluding carboxylic acids is 2. The number of benzene rings is 1. The van der Waals surface area contributed by atoms with E-state index in [-0.39, 0.29) is 11.7 Å². The molecule has 1 N–H and O–H groups in total. The van der Waals surface area contributed by atoms with Crippen molar-refractivity contribution in [3.8, 4) is 0 Å². The van der Waals surface area contributed by atoms with E-state index < -0.39 is 17.7 Å². The summed E-state index contributed by atoms with van der Waals surface area (Å²) in [5.41, 5.74) is 2.64. The molecule has 2 aliphatic rings. The van der Waals surface area contributed by atoms with E-state index >= 15 is 0 Å². The molecule has 0 spiro atoms. The second-order valence-electron chi connectivity index (χ2n) is 9.82. The van der Waals surface area contributed by atoms with Crippen LogP contribution in [0.1, 0.15) is 42.1 Å². The number of nitrogens with one attached hydrogen (secondary N) is 1. The van der Waals surface area contributed by atoms with Gasteiger partial charge in [-0.15, -0.1) is 0 Å². The molecule has 0 aliphatic carbocycles. The van der Waals surface area contributed by atoms with Gasteiger partial charge in [-0.1, -0.05) is 24.3 Å². The lowest BCUT2D eigenvalue weighted by atomic mass is 9.95. The molecule has 2 aromatic rings. The molecule has 0 bridgehead atoms. The number of carbonyl (C=O) groups is 2. The normalized spacial score (nSPS) is 20.2. The number of ether oxygens (including phenoxy) is 1. The third-order valence-corrected chi connectivity index (χ3v) is 6.85. The molecule has 2 atom stereocenters. The molecule has 10 nitrogen and oxygen atoms in total. The van der Waals surface area contributed by atoms with Crippen molar-refractivity contribution in [1.29, 1.82) is 0 Å². The van der Waals surface area contributed by atoms with Crippen LogP contribution in [0, 0.1) is 5.82 Å². The summed E-state index contributed by atoms with van der Waals surface area (Å²) in [5.74, 6) is -0.262. The van der Waals surface area contributed by atoms with Crippen molar-refractivity contribution >= 4 is 23.8 Å². The van der Waals surface area contributed by atoms with Gasteiger partial charge in [0.1, 0.15) is 11.4 Å². The maximum atomic E-state index is 13.3. The molecular weight excluding hydrogens is 491 g/mol. The summed E-state index contributed by atoms with van der Waals surface area (Å²) >= 11 is 0. The van der Waals surface area contributed by atoms with E-state index in [4.69, 9.17) is 9.57 Å². The number of anilines is 1. The van der Waals surface area contributed by atoms with E-state index in [0.717, 1.165) is 24.8 Å². The first kappa shape index (κ1) is 27.6. The third kappa shape index (κ3) is 6.72. The van der Waals surface area contributed by atoms with Crippen LogP contribution >= 0.6 is 0 Å². The maximum Gasteiger partial charge on any atom is 0.278 e. The van der Waals surface area contributed by atoms with Crippen LogP contribution in [0.3, 0.4) is 0 Å². The predicted molar refractivity (Wildman–Crippen MR) is 140 cm³/mol. The number of likely N-dealkylation sites (N-methyl/N-ethyl adjacent to an activating group) is 1. The minimum absolute atomic E-state index is 0.0447. The van der Waals surface area contributed by atoms with Crippen LogP contribution < -0.4 is 10.4 Å². The molecule has 11 heteroatoms. The van der Waals surface area contributed by atoms with Gasteiger partial charge < -0.3 is 14.5 Å². The molecule has 1 aromatic carbocycles. The fraction of sp³-hybridized carbons (Fsp3) is 0.481. The highest BCUT2D eigenvalue weighted by molar-refractivity contribution is 5.93. The van der Waals surface area contributed by atoms with Crippen LogP contribution in [0.5, 0.6) is 0 Å².